The lowest BCUT2D eigenvalue weighted by atomic mass is 9.87. The Hall–Kier alpha value is -3.36. The molecule has 0 unspecified atom stereocenters. The summed E-state index contributed by atoms with van der Waals surface area (Å²) in [5, 5.41) is 12.7. The Labute approximate surface area is 189 Å². The van der Waals surface area contributed by atoms with E-state index in [4.69, 9.17) is 0 Å². The second-order valence-corrected chi connectivity index (χ2v) is 9.31. The summed E-state index contributed by atoms with van der Waals surface area (Å²) < 4.78 is 2.52. The first kappa shape index (κ1) is 20.9. The maximum Gasteiger partial charge on any atom is 0.294 e. The summed E-state index contributed by atoms with van der Waals surface area (Å²) in [5.41, 5.74) is 4.31. The highest BCUT2D eigenvalue weighted by Gasteiger charge is 2.20. The molecule has 154 valence electrons. The van der Waals surface area contributed by atoms with Crippen molar-refractivity contribution in [3.8, 4) is 17.5 Å². The van der Waals surface area contributed by atoms with Crippen molar-refractivity contribution >= 4 is 32.5 Å². The van der Waals surface area contributed by atoms with Crippen molar-refractivity contribution in [1.82, 2.24) is 4.57 Å². The van der Waals surface area contributed by atoms with Crippen molar-refractivity contribution in [2.45, 2.75) is 26.2 Å². The molecule has 0 spiro atoms. The van der Waals surface area contributed by atoms with E-state index in [1.807, 2.05) is 47.0 Å². The molecule has 31 heavy (non-hydrogen) atoms. The molecule has 4 aromatic rings. The number of aromatic nitrogens is 1. The van der Waals surface area contributed by atoms with E-state index in [-0.39, 0.29) is 16.0 Å². The predicted molar refractivity (Wildman–Crippen MR) is 129 cm³/mol. The van der Waals surface area contributed by atoms with Crippen molar-refractivity contribution in [3.63, 3.8) is 0 Å². The highest BCUT2D eigenvalue weighted by Crippen LogP contribution is 2.32. The van der Waals surface area contributed by atoms with Gasteiger partial charge in [0.15, 0.2) is 0 Å². The van der Waals surface area contributed by atoms with Crippen LogP contribution in [0.1, 0.15) is 37.6 Å². The fraction of sp³-hybridized carbons (Fsp3) is 0.154. The van der Waals surface area contributed by atoms with E-state index in [1.54, 1.807) is 12.1 Å². The van der Waals surface area contributed by atoms with Gasteiger partial charge < -0.3 is 0 Å². The first-order valence-electron chi connectivity index (χ1n) is 9.91. The zero-order chi connectivity index (χ0) is 22.2. The van der Waals surface area contributed by atoms with Crippen LogP contribution in [0.3, 0.4) is 0 Å². The van der Waals surface area contributed by atoms with Gasteiger partial charge in [-0.15, -0.1) is 0 Å². The Morgan fingerprint density at radius 1 is 0.935 bits per heavy atom. The summed E-state index contributed by atoms with van der Waals surface area (Å²) in [7, 11) is 0. The van der Waals surface area contributed by atoms with Crippen LogP contribution in [0.25, 0.3) is 16.6 Å². The summed E-state index contributed by atoms with van der Waals surface area (Å²) >= 11 is 3.34. The molecule has 0 N–H and O–H groups in total. The van der Waals surface area contributed by atoms with Gasteiger partial charge in [-0.25, -0.2) is 0 Å². The Kier molecular flexibility index (Phi) is 5.43. The van der Waals surface area contributed by atoms with Crippen LogP contribution in [0.4, 0.5) is 5.69 Å². The molecule has 0 aliphatic carbocycles. The SMILES string of the molecule is CC(C)(C)c1ccc(C#Cc2cc3ccccc3n2-c2ccc(Br)cc2[N+](=O)[O-])cc1. The molecule has 1 aromatic heterocycles. The summed E-state index contributed by atoms with van der Waals surface area (Å²) in [6, 6.07) is 23.1. The van der Waals surface area contributed by atoms with Gasteiger partial charge in [-0.2, -0.15) is 0 Å². The Morgan fingerprint density at radius 3 is 2.32 bits per heavy atom. The molecule has 1 heterocycles. The average Bonchev–Trinajstić information content (AvgIpc) is 3.10. The first-order chi connectivity index (χ1) is 14.7. The van der Waals surface area contributed by atoms with Crippen LogP contribution in [0.15, 0.2) is 77.3 Å². The number of hydrogen-bond donors (Lipinski definition) is 0. The van der Waals surface area contributed by atoms with E-state index < -0.39 is 0 Å². The van der Waals surface area contributed by atoms with E-state index in [1.165, 1.54) is 11.6 Å². The third-order valence-corrected chi connectivity index (χ3v) is 5.66. The standard InChI is InChI=1S/C26H21BrN2O2/c1-26(2,3)20-11-8-18(9-12-20)10-14-22-16-19-6-4-5-7-23(19)28(22)24-15-13-21(27)17-25(24)29(30)31/h4-9,11-13,15-17H,1-3H3. The van der Waals surface area contributed by atoms with Gasteiger partial charge in [0.05, 0.1) is 16.1 Å². The number of rotatable bonds is 2. The van der Waals surface area contributed by atoms with Gasteiger partial charge >= 0.3 is 0 Å². The van der Waals surface area contributed by atoms with Gasteiger partial charge in [0.25, 0.3) is 5.69 Å². The molecule has 4 rings (SSSR count). The van der Waals surface area contributed by atoms with Crippen LogP contribution < -0.4 is 0 Å². The van der Waals surface area contributed by atoms with Crippen LogP contribution in [0.2, 0.25) is 0 Å². The molecular formula is C26H21BrN2O2. The largest absolute Gasteiger partial charge is 0.296 e. The zero-order valence-electron chi connectivity index (χ0n) is 17.5. The van der Waals surface area contributed by atoms with Crippen LogP contribution in [0.5, 0.6) is 0 Å². The molecule has 3 aromatic carbocycles. The van der Waals surface area contributed by atoms with Gasteiger partial charge in [-0.05, 0) is 53.3 Å². The molecule has 0 saturated carbocycles. The Morgan fingerprint density at radius 2 is 1.65 bits per heavy atom. The molecule has 0 atom stereocenters. The van der Waals surface area contributed by atoms with Crippen molar-refractivity contribution in [3.05, 3.63) is 104 Å². The second kappa shape index (κ2) is 8.05. The number of para-hydroxylation sites is 1. The maximum atomic E-state index is 11.7. The third-order valence-electron chi connectivity index (χ3n) is 5.17. The minimum atomic E-state index is -0.364. The topological polar surface area (TPSA) is 48.1 Å². The number of nitro groups is 1. The molecule has 5 heteroatoms. The molecule has 4 nitrogen and oxygen atoms in total. The van der Waals surface area contributed by atoms with Crippen molar-refractivity contribution < 1.29 is 4.92 Å². The number of nitrogens with zero attached hydrogens (tertiary/aromatic N) is 2. The summed E-state index contributed by atoms with van der Waals surface area (Å²) in [6.07, 6.45) is 0. The van der Waals surface area contributed by atoms with Gasteiger partial charge in [0, 0.05) is 21.5 Å². The highest BCUT2D eigenvalue weighted by molar-refractivity contribution is 9.10. The number of fused-ring (bicyclic) bond motifs is 1. The lowest BCUT2D eigenvalue weighted by molar-refractivity contribution is -0.384. The number of benzene rings is 3. The third kappa shape index (κ3) is 4.26. The monoisotopic (exact) mass is 472 g/mol. The molecule has 0 saturated heterocycles. The first-order valence-corrected chi connectivity index (χ1v) is 10.7. The summed E-state index contributed by atoms with van der Waals surface area (Å²) in [4.78, 5) is 11.4. The average molecular weight is 473 g/mol. The minimum absolute atomic E-state index is 0.0216. The van der Waals surface area contributed by atoms with Crippen LogP contribution >= 0.6 is 15.9 Å². The molecule has 0 radical (unpaired) electrons. The van der Waals surface area contributed by atoms with E-state index in [0.717, 1.165) is 16.5 Å². The van der Waals surface area contributed by atoms with Crippen molar-refractivity contribution in [1.29, 1.82) is 0 Å². The Balaban J connectivity index is 1.87. The lowest BCUT2D eigenvalue weighted by Crippen LogP contribution is -2.10. The number of nitro benzene ring substituents is 1. The van der Waals surface area contributed by atoms with E-state index in [9.17, 15) is 10.1 Å². The molecule has 0 bridgehead atoms. The van der Waals surface area contributed by atoms with Gasteiger partial charge in [-0.3, -0.25) is 14.7 Å². The van der Waals surface area contributed by atoms with E-state index in [0.29, 0.717) is 15.9 Å². The van der Waals surface area contributed by atoms with Crippen molar-refractivity contribution in [2.75, 3.05) is 0 Å². The smallest absolute Gasteiger partial charge is 0.294 e. The lowest BCUT2D eigenvalue weighted by Gasteiger charge is -2.18. The van der Waals surface area contributed by atoms with Gasteiger partial charge in [-0.1, -0.05) is 73.0 Å². The van der Waals surface area contributed by atoms with Gasteiger partial charge in [0.2, 0.25) is 0 Å². The minimum Gasteiger partial charge on any atom is -0.296 e. The molecule has 0 aliphatic heterocycles. The predicted octanol–water partition coefficient (Wildman–Crippen LogP) is 7.00. The highest BCUT2D eigenvalue weighted by atomic mass is 79.9. The number of hydrogen-bond acceptors (Lipinski definition) is 2. The summed E-state index contributed by atoms with van der Waals surface area (Å²) in [5.74, 6) is 6.46. The van der Waals surface area contributed by atoms with E-state index >= 15 is 0 Å². The fourth-order valence-corrected chi connectivity index (χ4v) is 3.88. The fourth-order valence-electron chi connectivity index (χ4n) is 3.53. The molecular weight excluding hydrogens is 452 g/mol. The van der Waals surface area contributed by atoms with Gasteiger partial charge in [0.1, 0.15) is 5.69 Å². The molecule has 0 fully saturated rings. The van der Waals surface area contributed by atoms with Crippen molar-refractivity contribution in [2.24, 2.45) is 0 Å². The van der Waals surface area contributed by atoms with Crippen LogP contribution in [0, 0.1) is 22.0 Å². The summed E-state index contributed by atoms with van der Waals surface area (Å²) in [6.45, 7) is 6.53. The Bertz CT molecular complexity index is 1350. The van der Waals surface area contributed by atoms with E-state index in [2.05, 4.69) is 60.7 Å². The number of halogens is 1. The maximum absolute atomic E-state index is 11.7. The quantitative estimate of drug-likeness (QED) is 0.179. The zero-order valence-corrected chi connectivity index (χ0v) is 19.1. The van der Waals surface area contributed by atoms with Crippen LogP contribution in [-0.4, -0.2) is 9.49 Å². The second-order valence-electron chi connectivity index (χ2n) is 8.39. The van der Waals surface area contributed by atoms with Crippen LogP contribution in [-0.2, 0) is 5.41 Å². The molecule has 0 aliphatic rings. The normalized spacial score (nSPS) is 11.2. The molecule has 0 amide bonds.